The standard InChI is InChI=1S/C14H18N4/c1-3-11-4-6-12(7-5-11)13-8-9-15-14-16-10(2)17-18(13)14/h4-7,13H,3,8-9H2,1-2H3,(H,15,16,17). The van der Waals surface area contributed by atoms with Crippen molar-refractivity contribution >= 4 is 5.95 Å². The van der Waals surface area contributed by atoms with Gasteiger partial charge in [0, 0.05) is 6.54 Å². The third-order valence-electron chi connectivity index (χ3n) is 3.51. The summed E-state index contributed by atoms with van der Waals surface area (Å²) in [5.41, 5.74) is 2.70. The van der Waals surface area contributed by atoms with Crippen LogP contribution in [0.25, 0.3) is 0 Å². The van der Waals surface area contributed by atoms with E-state index in [1.54, 1.807) is 0 Å². The van der Waals surface area contributed by atoms with Gasteiger partial charge in [0.2, 0.25) is 5.95 Å². The molecule has 1 aliphatic rings. The Balaban J connectivity index is 1.97. The molecule has 1 aromatic carbocycles. The molecule has 1 unspecified atom stereocenters. The summed E-state index contributed by atoms with van der Waals surface area (Å²) in [7, 11) is 0. The van der Waals surface area contributed by atoms with Crippen LogP contribution in [0.1, 0.15) is 36.3 Å². The predicted octanol–water partition coefficient (Wildman–Crippen LogP) is 2.55. The zero-order chi connectivity index (χ0) is 12.5. The monoisotopic (exact) mass is 242 g/mol. The van der Waals surface area contributed by atoms with Crippen molar-refractivity contribution in [2.24, 2.45) is 0 Å². The summed E-state index contributed by atoms with van der Waals surface area (Å²) in [5, 5.41) is 7.79. The van der Waals surface area contributed by atoms with E-state index in [1.807, 2.05) is 11.6 Å². The SMILES string of the molecule is CCc1ccc(C2CCNc3nc(C)nn32)cc1. The summed E-state index contributed by atoms with van der Waals surface area (Å²) >= 11 is 0. The lowest BCUT2D eigenvalue weighted by Crippen LogP contribution is -2.24. The normalized spacial score (nSPS) is 18.2. The molecule has 1 aliphatic heterocycles. The molecule has 0 aliphatic carbocycles. The summed E-state index contributed by atoms with van der Waals surface area (Å²) in [6.07, 6.45) is 2.14. The third-order valence-corrected chi connectivity index (χ3v) is 3.51. The number of nitrogens with zero attached hydrogens (tertiary/aromatic N) is 3. The van der Waals surface area contributed by atoms with Gasteiger partial charge in [0.15, 0.2) is 0 Å². The Bertz CT molecular complexity index is 541. The highest BCUT2D eigenvalue weighted by Crippen LogP contribution is 2.28. The highest BCUT2D eigenvalue weighted by molar-refractivity contribution is 5.33. The first-order valence-electron chi connectivity index (χ1n) is 6.54. The van der Waals surface area contributed by atoms with Crippen molar-refractivity contribution < 1.29 is 0 Å². The minimum Gasteiger partial charge on any atom is -0.354 e. The molecular weight excluding hydrogens is 224 g/mol. The van der Waals surface area contributed by atoms with E-state index in [4.69, 9.17) is 0 Å². The van der Waals surface area contributed by atoms with Gasteiger partial charge in [-0.3, -0.25) is 0 Å². The number of rotatable bonds is 2. The Hall–Kier alpha value is -1.84. The second kappa shape index (κ2) is 4.44. The van der Waals surface area contributed by atoms with Crippen molar-refractivity contribution in [2.45, 2.75) is 32.7 Å². The fourth-order valence-corrected chi connectivity index (χ4v) is 2.49. The van der Waals surface area contributed by atoms with Crippen LogP contribution in [-0.2, 0) is 6.42 Å². The largest absolute Gasteiger partial charge is 0.354 e. The molecule has 0 saturated carbocycles. The summed E-state index contributed by atoms with van der Waals surface area (Å²) in [4.78, 5) is 4.40. The van der Waals surface area contributed by atoms with Gasteiger partial charge in [-0.15, -0.1) is 0 Å². The molecule has 18 heavy (non-hydrogen) atoms. The minimum absolute atomic E-state index is 0.313. The average Bonchev–Trinajstić information content (AvgIpc) is 2.79. The molecule has 0 spiro atoms. The van der Waals surface area contributed by atoms with Gasteiger partial charge in [0.05, 0.1) is 6.04 Å². The Morgan fingerprint density at radius 2 is 2.11 bits per heavy atom. The van der Waals surface area contributed by atoms with Crippen LogP contribution < -0.4 is 5.32 Å². The molecule has 4 nitrogen and oxygen atoms in total. The zero-order valence-electron chi connectivity index (χ0n) is 10.8. The maximum absolute atomic E-state index is 4.49. The van der Waals surface area contributed by atoms with Gasteiger partial charge in [-0.25, -0.2) is 4.68 Å². The Morgan fingerprint density at radius 1 is 1.33 bits per heavy atom. The van der Waals surface area contributed by atoms with Crippen LogP contribution >= 0.6 is 0 Å². The van der Waals surface area contributed by atoms with E-state index in [2.05, 4.69) is 46.6 Å². The molecule has 0 radical (unpaired) electrons. The fourth-order valence-electron chi connectivity index (χ4n) is 2.49. The van der Waals surface area contributed by atoms with E-state index in [0.29, 0.717) is 6.04 Å². The fraction of sp³-hybridized carbons (Fsp3) is 0.429. The van der Waals surface area contributed by atoms with Crippen molar-refractivity contribution in [1.82, 2.24) is 14.8 Å². The first-order chi connectivity index (χ1) is 8.78. The van der Waals surface area contributed by atoms with Crippen LogP contribution in [0.4, 0.5) is 5.95 Å². The molecule has 1 aromatic heterocycles. The van der Waals surface area contributed by atoms with Gasteiger partial charge in [-0.1, -0.05) is 31.2 Å². The van der Waals surface area contributed by atoms with Gasteiger partial charge in [0.1, 0.15) is 5.82 Å². The number of fused-ring (bicyclic) bond motifs is 1. The van der Waals surface area contributed by atoms with E-state index in [0.717, 1.165) is 31.2 Å². The molecule has 0 fully saturated rings. The second-order valence-electron chi connectivity index (χ2n) is 4.75. The number of anilines is 1. The Kier molecular flexibility index (Phi) is 2.78. The summed E-state index contributed by atoms with van der Waals surface area (Å²) in [5.74, 6) is 1.72. The van der Waals surface area contributed by atoms with E-state index in [1.165, 1.54) is 11.1 Å². The number of aryl methyl sites for hydroxylation is 2. The van der Waals surface area contributed by atoms with Crippen molar-refractivity contribution in [3.63, 3.8) is 0 Å². The van der Waals surface area contributed by atoms with E-state index < -0.39 is 0 Å². The number of hydrogen-bond donors (Lipinski definition) is 1. The number of hydrogen-bond acceptors (Lipinski definition) is 3. The predicted molar refractivity (Wildman–Crippen MR) is 71.8 cm³/mol. The molecule has 2 heterocycles. The number of benzene rings is 1. The van der Waals surface area contributed by atoms with Crippen LogP contribution in [0, 0.1) is 6.92 Å². The molecule has 4 heteroatoms. The quantitative estimate of drug-likeness (QED) is 0.880. The van der Waals surface area contributed by atoms with Crippen LogP contribution in [0.2, 0.25) is 0 Å². The average molecular weight is 242 g/mol. The van der Waals surface area contributed by atoms with Gasteiger partial charge >= 0.3 is 0 Å². The molecule has 0 saturated heterocycles. The second-order valence-corrected chi connectivity index (χ2v) is 4.75. The molecule has 1 atom stereocenters. The van der Waals surface area contributed by atoms with E-state index in [9.17, 15) is 0 Å². The van der Waals surface area contributed by atoms with Crippen LogP contribution in [0.3, 0.4) is 0 Å². The Morgan fingerprint density at radius 3 is 2.83 bits per heavy atom. The number of nitrogens with one attached hydrogen (secondary N) is 1. The van der Waals surface area contributed by atoms with Crippen molar-refractivity contribution in [2.75, 3.05) is 11.9 Å². The third kappa shape index (κ3) is 1.88. The van der Waals surface area contributed by atoms with Crippen molar-refractivity contribution in [1.29, 1.82) is 0 Å². The van der Waals surface area contributed by atoms with Gasteiger partial charge in [-0.2, -0.15) is 10.1 Å². The molecule has 0 amide bonds. The van der Waals surface area contributed by atoms with Crippen molar-refractivity contribution in [3.8, 4) is 0 Å². The maximum Gasteiger partial charge on any atom is 0.221 e. The van der Waals surface area contributed by atoms with Gasteiger partial charge in [-0.05, 0) is 30.9 Å². The molecule has 2 aromatic rings. The van der Waals surface area contributed by atoms with Crippen LogP contribution in [0.15, 0.2) is 24.3 Å². The van der Waals surface area contributed by atoms with Crippen molar-refractivity contribution in [3.05, 3.63) is 41.2 Å². The molecule has 0 bridgehead atoms. The zero-order valence-corrected chi connectivity index (χ0v) is 10.8. The highest BCUT2D eigenvalue weighted by Gasteiger charge is 2.23. The van der Waals surface area contributed by atoms with Crippen LogP contribution in [0.5, 0.6) is 0 Å². The molecular formula is C14H18N4. The smallest absolute Gasteiger partial charge is 0.221 e. The molecule has 1 N–H and O–H groups in total. The Labute approximate surface area is 107 Å². The van der Waals surface area contributed by atoms with Crippen LogP contribution in [-0.4, -0.2) is 21.3 Å². The first kappa shape index (κ1) is 11.3. The maximum atomic E-state index is 4.49. The van der Waals surface area contributed by atoms with Gasteiger partial charge < -0.3 is 5.32 Å². The molecule has 94 valence electrons. The highest BCUT2D eigenvalue weighted by atomic mass is 15.4. The lowest BCUT2D eigenvalue weighted by atomic mass is 10.0. The first-order valence-corrected chi connectivity index (χ1v) is 6.54. The summed E-state index contributed by atoms with van der Waals surface area (Å²) in [6, 6.07) is 9.17. The van der Waals surface area contributed by atoms with E-state index >= 15 is 0 Å². The lowest BCUT2D eigenvalue weighted by molar-refractivity contribution is 0.478. The van der Waals surface area contributed by atoms with E-state index in [-0.39, 0.29) is 0 Å². The summed E-state index contributed by atoms with van der Waals surface area (Å²) < 4.78 is 2.01. The molecule has 3 rings (SSSR count). The summed E-state index contributed by atoms with van der Waals surface area (Å²) in [6.45, 7) is 5.07. The lowest BCUT2D eigenvalue weighted by Gasteiger charge is -2.24. The van der Waals surface area contributed by atoms with Gasteiger partial charge in [0.25, 0.3) is 0 Å². The number of aromatic nitrogens is 3. The minimum atomic E-state index is 0.313. The topological polar surface area (TPSA) is 42.7 Å².